The average Bonchev–Trinajstić information content (AvgIpc) is 2.46. The zero-order chi connectivity index (χ0) is 13.7. The molecule has 0 saturated carbocycles. The van der Waals surface area contributed by atoms with Crippen molar-refractivity contribution in [2.75, 3.05) is 0 Å². The van der Waals surface area contributed by atoms with E-state index in [-0.39, 0.29) is 0 Å². The molecule has 0 saturated heterocycles. The van der Waals surface area contributed by atoms with Crippen LogP contribution in [0.3, 0.4) is 0 Å². The molecule has 19 heavy (non-hydrogen) atoms. The molecule has 0 radical (unpaired) electrons. The van der Waals surface area contributed by atoms with Gasteiger partial charge in [-0.1, -0.05) is 43.3 Å². The van der Waals surface area contributed by atoms with E-state index in [1.807, 2.05) is 36.4 Å². The van der Waals surface area contributed by atoms with Crippen LogP contribution in [-0.4, -0.2) is 0 Å². The van der Waals surface area contributed by atoms with Crippen molar-refractivity contribution >= 4 is 23.2 Å². The molecule has 2 rings (SSSR count). The molecular weight excluding hydrogens is 279 g/mol. The summed E-state index contributed by atoms with van der Waals surface area (Å²) in [6.45, 7) is 2.60. The lowest BCUT2D eigenvalue weighted by Crippen LogP contribution is -2.00. The minimum atomic E-state index is -0.526. The monoisotopic (exact) mass is 294 g/mol. The van der Waals surface area contributed by atoms with Gasteiger partial charge in [-0.25, -0.2) is 0 Å². The lowest BCUT2D eigenvalue weighted by molar-refractivity contribution is 0.305. The van der Waals surface area contributed by atoms with E-state index in [4.69, 9.17) is 27.9 Å². The van der Waals surface area contributed by atoms with Crippen molar-refractivity contribution in [3.05, 3.63) is 65.2 Å². The highest BCUT2D eigenvalue weighted by Gasteiger charge is 2.09. The molecule has 0 N–H and O–H groups in total. The maximum Gasteiger partial charge on any atom is 0.133 e. The van der Waals surface area contributed by atoms with E-state index in [1.165, 1.54) is 5.56 Å². The number of benzene rings is 2. The minimum Gasteiger partial charge on any atom is -0.489 e. The summed E-state index contributed by atoms with van der Waals surface area (Å²) in [7, 11) is 0. The summed E-state index contributed by atoms with van der Waals surface area (Å²) in [5.41, 5.74) is 3.21. The summed E-state index contributed by atoms with van der Waals surface area (Å²) < 4.78 is 5.77. The van der Waals surface area contributed by atoms with Crippen molar-refractivity contribution in [3.63, 3.8) is 0 Å². The quantitative estimate of drug-likeness (QED) is 0.680. The smallest absolute Gasteiger partial charge is 0.133 e. The van der Waals surface area contributed by atoms with Gasteiger partial charge in [0.25, 0.3) is 0 Å². The largest absolute Gasteiger partial charge is 0.489 e. The summed E-state index contributed by atoms with van der Waals surface area (Å²) in [6, 6.07) is 15.9. The van der Waals surface area contributed by atoms with Crippen molar-refractivity contribution in [2.45, 2.75) is 24.8 Å². The maximum absolute atomic E-state index is 5.94. The van der Waals surface area contributed by atoms with Crippen LogP contribution in [0.1, 0.15) is 28.5 Å². The van der Waals surface area contributed by atoms with Crippen LogP contribution in [-0.2, 0) is 13.0 Å². The third-order valence-electron chi connectivity index (χ3n) is 3.02. The van der Waals surface area contributed by atoms with Crippen molar-refractivity contribution in [3.8, 4) is 5.75 Å². The maximum atomic E-state index is 5.94. The molecule has 0 aliphatic rings. The van der Waals surface area contributed by atoms with Crippen LogP contribution in [0.25, 0.3) is 0 Å². The summed E-state index contributed by atoms with van der Waals surface area (Å²) in [5, 5.41) is 0. The standard InChI is InChI=1S/C16H16Cl2O/c1-2-12-7-9-14(10-8-12)19-11-13-5-3-4-6-15(13)16(17)18/h3-10,16H,2,11H2,1H3. The van der Waals surface area contributed by atoms with E-state index in [2.05, 4.69) is 19.1 Å². The molecule has 0 aliphatic heterocycles. The van der Waals surface area contributed by atoms with Crippen LogP contribution in [0, 0.1) is 0 Å². The van der Waals surface area contributed by atoms with Crippen molar-refractivity contribution in [1.82, 2.24) is 0 Å². The Morgan fingerprint density at radius 2 is 1.68 bits per heavy atom. The summed E-state index contributed by atoms with van der Waals surface area (Å²) >= 11 is 11.9. The van der Waals surface area contributed by atoms with E-state index < -0.39 is 4.84 Å². The number of hydrogen-bond donors (Lipinski definition) is 0. The normalized spacial score (nSPS) is 10.7. The van der Waals surface area contributed by atoms with Crippen LogP contribution in [0.4, 0.5) is 0 Å². The van der Waals surface area contributed by atoms with Crippen molar-refractivity contribution in [2.24, 2.45) is 0 Å². The Bertz CT molecular complexity index is 521. The molecule has 2 aromatic carbocycles. The Morgan fingerprint density at radius 1 is 1.00 bits per heavy atom. The molecular formula is C16H16Cl2O. The zero-order valence-electron chi connectivity index (χ0n) is 10.8. The number of aryl methyl sites for hydroxylation is 1. The second-order valence-electron chi connectivity index (χ2n) is 4.29. The molecule has 100 valence electrons. The van der Waals surface area contributed by atoms with Crippen LogP contribution in [0.2, 0.25) is 0 Å². The molecule has 0 amide bonds. The number of rotatable bonds is 5. The first-order valence-corrected chi connectivity index (χ1v) is 7.15. The molecule has 2 aromatic rings. The summed E-state index contributed by atoms with van der Waals surface area (Å²) in [5.74, 6) is 0.854. The molecule has 1 nitrogen and oxygen atoms in total. The first kappa shape index (κ1) is 14.2. The van der Waals surface area contributed by atoms with Gasteiger partial charge in [0, 0.05) is 0 Å². The van der Waals surface area contributed by atoms with E-state index in [0.29, 0.717) is 6.61 Å². The molecule has 0 aliphatic carbocycles. The van der Waals surface area contributed by atoms with Gasteiger partial charge in [0.2, 0.25) is 0 Å². The zero-order valence-corrected chi connectivity index (χ0v) is 12.3. The van der Waals surface area contributed by atoms with Gasteiger partial charge in [-0.05, 0) is 35.2 Å². The van der Waals surface area contributed by atoms with Gasteiger partial charge in [-0.15, -0.1) is 23.2 Å². The molecule has 0 atom stereocenters. The summed E-state index contributed by atoms with van der Waals surface area (Å²) in [4.78, 5) is -0.526. The second-order valence-corrected chi connectivity index (χ2v) is 5.38. The summed E-state index contributed by atoms with van der Waals surface area (Å²) in [6.07, 6.45) is 1.03. The first-order valence-electron chi connectivity index (χ1n) is 6.28. The van der Waals surface area contributed by atoms with Gasteiger partial charge < -0.3 is 4.74 Å². The van der Waals surface area contributed by atoms with Crippen molar-refractivity contribution < 1.29 is 4.74 Å². The van der Waals surface area contributed by atoms with E-state index in [9.17, 15) is 0 Å². The van der Waals surface area contributed by atoms with Gasteiger partial charge in [0.15, 0.2) is 0 Å². The molecule has 0 spiro atoms. The minimum absolute atomic E-state index is 0.470. The van der Waals surface area contributed by atoms with E-state index in [0.717, 1.165) is 23.3 Å². The Kier molecular flexibility index (Phi) is 5.12. The molecule has 0 aromatic heterocycles. The molecule has 3 heteroatoms. The Morgan fingerprint density at radius 3 is 2.32 bits per heavy atom. The fraction of sp³-hybridized carbons (Fsp3) is 0.250. The Balaban J connectivity index is 2.05. The first-order chi connectivity index (χ1) is 9.20. The number of alkyl halides is 2. The third kappa shape index (κ3) is 3.89. The van der Waals surface area contributed by atoms with Gasteiger partial charge in [0.1, 0.15) is 17.2 Å². The van der Waals surface area contributed by atoms with Crippen molar-refractivity contribution in [1.29, 1.82) is 0 Å². The average molecular weight is 295 g/mol. The van der Waals surface area contributed by atoms with Crippen LogP contribution in [0.5, 0.6) is 5.75 Å². The predicted octanol–water partition coefficient (Wildman–Crippen LogP) is 5.30. The molecule has 0 bridgehead atoms. The third-order valence-corrected chi connectivity index (χ3v) is 3.49. The highest BCUT2D eigenvalue weighted by Crippen LogP contribution is 2.28. The lowest BCUT2D eigenvalue weighted by Gasteiger charge is -2.11. The SMILES string of the molecule is CCc1ccc(OCc2ccccc2C(Cl)Cl)cc1. The molecule has 0 fully saturated rings. The van der Waals surface area contributed by atoms with Crippen LogP contribution in [0.15, 0.2) is 48.5 Å². The van der Waals surface area contributed by atoms with Crippen LogP contribution >= 0.6 is 23.2 Å². The van der Waals surface area contributed by atoms with E-state index in [1.54, 1.807) is 0 Å². The molecule has 0 heterocycles. The fourth-order valence-corrected chi connectivity index (χ4v) is 2.29. The van der Waals surface area contributed by atoms with Gasteiger partial charge in [-0.3, -0.25) is 0 Å². The van der Waals surface area contributed by atoms with Gasteiger partial charge >= 0.3 is 0 Å². The molecule has 0 unspecified atom stereocenters. The highest BCUT2D eigenvalue weighted by atomic mass is 35.5. The Hall–Kier alpha value is -1.18. The van der Waals surface area contributed by atoms with Gasteiger partial charge in [0.05, 0.1) is 0 Å². The highest BCUT2D eigenvalue weighted by molar-refractivity contribution is 6.44. The topological polar surface area (TPSA) is 9.23 Å². The van der Waals surface area contributed by atoms with Gasteiger partial charge in [-0.2, -0.15) is 0 Å². The second kappa shape index (κ2) is 6.83. The predicted molar refractivity (Wildman–Crippen MR) is 81.0 cm³/mol. The van der Waals surface area contributed by atoms with Crippen LogP contribution < -0.4 is 4.74 Å². The fourth-order valence-electron chi connectivity index (χ4n) is 1.86. The Labute approximate surface area is 124 Å². The number of halogens is 2. The van der Waals surface area contributed by atoms with E-state index >= 15 is 0 Å². The number of hydrogen-bond acceptors (Lipinski definition) is 1. The number of ether oxygens (including phenoxy) is 1. The lowest BCUT2D eigenvalue weighted by atomic mass is 10.1.